The summed E-state index contributed by atoms with van der Waals surface area (Å²) in [4.78, 5) is 35.5. The van der Waals surface area contributed by atoms with Gasteiger partial charge in [0, 0.05) is 11.4 Å². The van der Waals surface area contributed by atoms with Gasteiger partial charge in [-0.05, 0) is 42.0 Å². The van der Waals surface area contributed by atoms with Crippen molar-refractivity contribution in [3.8, 4) is 0 Å². The minimum atomic E-state index is -1.19. The molecule has 0 atom stereocenters. The lowest BCUT2D eigenvalue weighted by molar-refractivity contribution is -0.135. The topological polar surface area (TPSA) is 95.9 Å². The number of hydrogen-bond donors (Lipinski definition) is 2. The van der Waals surface area contributed by atoms with E-state index in [-0.39, 0.29) is 18.1 Å². The number of rotatable bonds is 6. The SMILES string of the molecule is COC(=O)N(CC(=O)O)c1ccc(NC(=O)Cc2ccc(F)cc2)cc1. The van der Waals surface area contributed by atoms with Crippen LogP contribution in [-0.2, 0) is 20.7 Å². The Hall–Kier alpha value is -3.42. The largest absolute Gasteiger partial charge is 0.480 e. The average Bonchev–Trinajstić information content (AvgIpc) is 2.61. The van der Waals surface area contributed by atoms with Gasteiger partial charge in [0.25, 0.3) is 0 Å². The molecule has 0 heterocycles. The lowest BCUT2D eigenvalue weighted by Crippen LogP contribution is -2.35. The van der Waals surface area contributed by atoms with E-state index in [2.05, 4.69) is 10.1 Å². The minimum Gasteiger partial charge on any atom is -0.480 e. The van der Waals surface area contributed by atoms with Gasteiger partial charge in [-0.1, -0.05) is 12.1 Å². The highest BCUT2D eigenvalue weighted by atomic mass is 19.1. The predicted molar refractivity (Wildman–Crippen MR) is 92.6 cm³/mol. The molecule has 2 N–H and O–H groups in total. The van der Waals surface area contributed by atoms with Gasteiger partial charge in [-0.2, -0.15) is 0 Å². The fraction of sp³-hybridized carbons (Fsp3) is 0.167. The predicted octanol–water partition coefficient (Wildman–Crippen LogP) is 2.66. The summed E-state index contributed by atoms with van der Waals surface area (Å²) in [6, 6.07) is 11.7. The molecule has 0 bridgehead atoms. The van der Waals surface area contributed by atoms with E-state index in [0.29, 0.717) is 16.9 Å². The van der Waals surface area contributed by atoms with Gasteiger partial charge in [0.15, 0.2) is 0 Å². The number of nitrogens with one attached hydrogen (secondary N) is 1. The summed E-state index contributed by atoms with van der Waals surface area (Å²) in [5, 5.41) is 11.6. The Morgan fingerprint density at radius 2 is 1.69 bits per heavy atom. The molecule has 0 saturated heterocycles. The third-order valence-electron chi connectivity index (χ3n) is 3.43. The maximum atomic E-state index is 12.9. The van der Waals surface area contributed by atoms with E-state index in [1.165, 1.54) is 48.5 Å². The molecule has 2 aromatic carbocycles. The number of nitrogens with zero attached hydrogens (tertiary/aromatic N) is 1. The number of methoxy groups -OCH3 is 1. The Bertz CT molecular complexity index is 790. The van der Waals surface area contributed by atoms with E-state index in [1.807, 2.05) is 0 Å². The zero-order valence-corrected chi connectivity index (χ0v) is 13.9. The first-order valence-electron chi connectivity index (χ1n) is 7.60. The molecule has 0 aliphatic heterocycles. The second-order valence-corrected chi connectivity index (χ2v) is 5.35. The molecular formula is C18H17FN2O5. The zero-order valence-electron chi connectivity index (χ0n) is 13.9. The Kier molecular flexibility index (Phi) is 6.26. The molecule has 26 heavy (non-hydrogen) atoms. The molecule has 7 nitrogen and oxygen atoms in total. The van der Waals surface area contributed by atoms with Gasteiger partial charge in [0.1, 0.15) is 12.4 Å². The number of carbonyl (C=O) groups excluding carboxylic acids is 2. The van der Waals surface area contributed by atoms with Gasteiger partial charge in [-0.15, -0.1) is 0 Å². The Balaban J connectivity index is 2.03. The van der Waals surface area contributed by atoms with Gasteiger partial charge < -0.3 is 15.2 Å². The summed E-state index contributed by atoms with van der Waals surface area (Å²) in [5.41, 5.74) is 1.45. The number of amides is 2. The van der Waals surface area contributed by atoms with Crippen LogP contribution in [0.5, 0.6) is 0 Å². The summed E-state index contributed by atoms with van der Waals surface area (Å²) in [6.45, 7) is -0.553. The van der Waals surface area contributed by atoms with Crippen molar-refractivity contribution in [2.75, 3.05) is 23.9 Å². The first-order valence-corrected chi connectivity index (χ1v) is 7.60. The van der Waals surface area contributed by atoms with Gasteiger partial charge in [0.2, 0.25) is 5.91 Å². The highest BCUT2D eigenvalue weighted by Gasteiger charge is 2.19. The molecule has 0 saturated carbocycles. The molecule has 0 radical (unpaired) electrons. The molecule has 2 amide bonds. The molecular weight excluding hydrogens is 343 g/mol. The van der Waals surface area contributed by atoms with E-state index in [4.69, 9.17) is 5.11 Å². The summed E-state index contributed by atoms with van der Waals surface area (Å²) < 4.78 is 17.4. The quantitative estimate of drug-likeness (QED) is 0.826. The van der Waals surface area contributed by atoms with Crippen LogP contribution in [0.15, 0.2) is 48.5 Å². The smallest absolute Gasteiger partial charge is 0.414 e. The highest BCUT2D eigenvalue weighted by Crippen LogP contribution is 2.19. The molecule has 2 aromatic rings. The van der Waals surface area contributed by atoms with Crippen molar-refractivity contribution in [3.63, 3.8) is 0 Å². The number of anilines is 2. The van der Waals surface area contributed by atoms with Crippen LogP contribution in [0.25, 0.3) is 0 Å². The van der Waals surface area contributed by atoms with Crippen molar-refractivity contribution in [2.45, 2.75) is 6.42 Å². The molecule has 0 fully saturated rings. The molecule has 0 aliphatic rings. The first-order chi connectivity index (χ1) is 12.4. The average molecular weight is 360 g/mol. The number of halogens is 1. The third-order valence-corrected chi connectivity index (χ3v) is 3.43. The van der Waals surface area contributed by atoms with Gasteiger partial charge in [-0.25, -0.2) is 9.18 Å². The summed E-state index contributed by atoms with van der Waals surface area (Å²) in [5.74, 6) is -1.85. The Morgan fingerprint density at radius 3 is 2.23 bits per heavy atom. The summed E-state index contributed by atoms with van der Waals surface area (Å²) in [7, 11) is 1.15. The maximum Gasteiger partial charge on any atom is 0.414 e. The van der Waals surface area contributed by atoms with Crippen molar-refractivity contribution in [3.05, 3.63) is 59.9 Å². The maximum absolute atomic E-state index is 12.9. The van der Waals surface area contributed by atoms with E-state index in [9.17, 15) is 18.8 Å². The van der Waals surface area contributed by atoms with Crippen LogP contribution in [0.1, 0.15) is 5.56 Å². The lowest BCUT2D eigenvalue weighted by atomic mass is 10.1. The van der Waals surface area contributed by atoms with Gasteiger partial charge in [0.05, 0.1) is 13.5 Å². The van der Waals surface area contributed by atoms with Crippen molar-refractivity contribution in [1.82, 2.24) is 0 Å². The molecule has 8 heteroatoms. The normalized spacial score (nSPS) is 10.1. The van der Waals surface area contributed by atoms with Crippen LogP contribution in [0.3, 0.4) is 0 Å². The molecule has 0 unspecified atom stereocenters. The number of hydrogen-bond acceptors (Lipinski definition) is 4. The van der Waals surface area contributed by atoms with E-state index in [0.717, 1.165) is 12.0 Å². The van der Waals surface area contributed by atoms with Crippen molar-refractivity contribution in [1.29, 1.82) is 0 Å². The van der Waals surface area contributed by atoms with Crippen LogP contribution < -0.4 is 10.2 Å². The Morgan fingerprint density at radius 1 is 1.08 bits per heavy atom. The van der Waals surface area contributed by atoms with E-state index in [1.54, 1.807) is 0 Å². The number of carboxylic acid groups (broad SMARTS) is 1. The molecule has 136 valence electrons. The number of ether oxygens (including phenoxy) is 1. The van der Waals surface area contributed by atoms with Crippen LogP contribution >= 0.6 is 0 Å². The van der Waals surface area contributed by atoms with E-state index >= 15 is 0 Å². The zero-order chi connectivity index (χ0) is 19.1. The fourth-order valence-corrected chi connectivity index (χ4v) is 2.22. The molecule has 0 aromatic heterocycles. The number of aliphatic carboxylic acids is 1. The number of carbonyl (C=O) groups is 3. The Labute approximate surface area is 149 Å². The second-order valence-electron chi connectivity index (χ2n) is 5.35. The molecule has 0 aliphatic carbocycles. The monoisotopic (exact) mass is 360 g/mol. The number of benzene rings is 2. The molecule has 0 spiro atoms. The van der Waals surface area contributed by atoms with Crippen LogP contribution in [0, 0.1) is 5.82 Å². The summed E-state index contributed by atoms with van der Waals surface area (Å²) in [6.07, 6.45) is -0.726. The number of carboxylic acids is 1. The van der Waals surface area contributed by atoms with Crippen LogP contribution in [0.4, 0.5) is 20.6 Å². The van der Waals surface area contributed by atoms with Crippen molar-refractivity contribution < 1.29 is 28.6 Å². The van der Waals surface area contributed by atoms with Crippen molar-refractivity contribution >= 4 is 29.3 Å². The minimum absolute atomic E-state index is 0.0787. The van der Waals surface area contributed by atoms with Crippen molar-refractivity contribution in [2.24, 2.45) is 0 Å². The van der Waals surface area contributed by atoms with Crippen LogP contribution in [0.2, 0.25) is 0 Å². The lowest BCUT2D eigenvalue weighted by Gasteiger charge is -2.19. The van der Waals surface area contributed by atoms with E-state index < -0.39 is 18.6 Å². The van der Waals surface area contributed by atoms with Gasteiger partial charge in [-0.3, -0.25) is 14.5 Å². The van der Waals surface area contributed by atoms with Gasteiger partial charge >= 0.3 is 12.1 Å². The standard InChI is InChI=1S/C18H17FN2O5/c1-26-18(25)21(11-17(23)24)15-8-6-14(7-9-15)20-16(22)10-12-2-4-13(19)5-3-12/h2-9H,10-11H2,1H3,(H,20,22)(H,23,24). The highest BCUT2D eigenvalue weighted by molar-refractivity contribution is 5.94. The first kappa shape index (κ1) is 18.9. The van der Waals surface area contributed by atoms with Crippen LogP contribution in [-0.4, -0.2) is 36.7 Å². The fourth-order valence-electron chi connectivity index (χ4n) is 2.22. The molecule has 2 rings (SSSR count). The summed E-state index contributed by atoms with van der Waals surface area (Å²) >= 11 is 0. The second kappa shape index (κ2) is 8.61. The third kappa shape index (κ3) is 5.30.